The first-order valence-electron chi connectivity index (χ1n) is 11.5. The van der Waals surface area contributed by atoms with E-state index in [1.54, 1.807) is 0 Å². The first-order chi connectivity index (χ1) is 17.8. The van der Waals surface area contributed by atoms with E-state index in [1.165, 1.54) is 0 Å². The molecule has 0 saturated carbocycles. The van der Waals surface area contributed by atoms with Gasteiger partial charge in [-0.2, -0.15) is 0 Å². The largest absolute Gasteiger partial charge is 0.479 e. The summed E-state index contributed by atoms with van der Waals surface area (Å²) in [6.07, 6.45) is 0.698. The number of nitrogens with zero attached hydrogens (tertiary/aromatic N) is 4. The molecule has 0 amide bonds. The van der Waals surface area contributed by atoms with E-state index in [1.807, 2.05) is 20.8 Å². The average molecular weight is 526 g/mol. The number of benzene rings is 2. The van der Waals surface area contributed by atoms with Crippen LogP contribution >= 0.6 is 0 Å². The van der Waals surface area contributed by atoms with E-state index in [-0.39, 0.29) is 34.8 Å². The quantitative estimate of drug-likeness (QED) is 0.176. The summed E-state index contributed by atoms with van der Waals surface area (Å²) in [6.45, 7) is 6.44. The minimum atomic E-state index is -1.04. The Morgan fingerprint density at radius 3 is 2.16 bits per heavy atom. The molecule has 1 atom stereocenters. The molecule has 0 radical (unpaired) electrons. The molecule has 0 aromatic heterocycles. The van der Waals surface area contributed by atoms with Crippen LogP contribution in [0.25, 0.3) is 11.1 Å². The number of rotatable bonds is 8. The van der Waals surface area contributed by atoms with Gasteiger partial charge in [0.1, 0.15) is 6.61 Å². The molecule has 4 rings (SSSR count). The number of hydrogen-bond donors (Lipinski definition) is 0. The van der Waals surface area contributed by atoms with Crippen molar-refractivity contribution < 1.29 is 33.8 Å². The molecular weight excluding hydrogens is 504 g/mol. The van der Waals surface area contributed by atoms with E-state index in [2.05, 4.69) is 4.99 Å². The number of nitro benzene ring substituents is 3. The van der Waals surface area contributed by atoms with Crippen LogP contribution in [0.3, 0.4) is 0 Å². The van der Waals surface area contributed by atoms with Crippen LogP contribution in [0.5, 0.6) is 0 Å². The lowest BCUT2D eigenvalue weighted by atomic mass is 9.88. The highest BCUT2D eigenvalue weighted by Crippen LogP contribution is 2.47. The predicted octanol–water partition coefficient (Wildman–Crippen LogP) is 4.40. The Morgan fingerprint density at radius 1 is 1.00 bits per heavy atom. The van der Waals surface area contributed by atoms with Crippen LogP contribution in [0.2, 0.25) is 0 Å². The Labute approximate surface area is 214 Å². The molecule has 1 aliphatic carbocycles. The average Bonchev–Trinajstić information content (AvgIpc) is 3.44. The topological polar surface area (TPSA) is 194 Å². The molecule has 0 spiro atoms. The SMILES string of the molecule is CC(C)(C)[C@H]1COC(CCCOC(=O)c2cc([N+](=O)[O-])cc3c2-c2c(cc([N+](=O)[O-])cc2[N+](=O)[O-])C3=O)=N1. The molecule has 14 heteroatoms. The second kappa shape index (κ2) is 9.61. The van der Waals surface area contributed by atoms with Gasteiger partial charge < -0.3 is 9.47 Å². The van der Waals surface area contributed by atoms with Crippen molar-refractivity contribution in [1.29, 1.82) is 0 Å². The first-order valence-corrected chi connectivity index (χ1v) is 11.5. The fourth-order valence-electron chi connectivity index (χ4n) is 4.26. The van der Waals surface area contributed by atoms with Gasteiger partial charge in [0.25, 0.3) is 17.1 Å². The summed E-state index contributed by atoms with van der Waals surface area (Å²) < 4.78 is 10.9. The number of carbonyl (C=O) groups excluding carboxylic acids is 2. The highest BCUT2D eigenvalue weighted by atomic mass is 16.6. The van der Waals surface area contributed by atoms with Crippen molar-refractivity contribution in [2.75, 3.05) is 13.2 Å². The lowest BCUT2D eigenvalue weighted by molar-refractivity contribution is -0.393. The minimum absolute atomic E-state index is 0.00303. The summed E-state index contributed by atoms with van der Waals surface area (Å²) >= 11 is 0. The van der Waals surface area contributed by atoms with E-state index in [9.17, 15) is 39.9 Å². The number of non-ortho nitro benzene ring substituents is 2. The summed E-state index contributed by atoms with van der Waals surface area (Å²) in [5.74, 6) is -1.43. The van der Waals surface area contributed by atoms with Crippen LogP contribution in [0.4, 0.5) is 17.1 Å². The van der Waals surface area contributed by atoms with Gasteiger partial charge in [0.15, 0.2) is 11.7 Å². The number of aliphatic imine (C=N–C) groups is 1. The maximum atomic E-state index is 13.0. The van der Waals surface area contributed by atoms with Gasteiger partial charge in [-0.1, -0.05) is 20.8 Å². The molecule has 1 heterocycles. The van der Waals surface area contributed by atoms with Gasteiger partial charge in [-0.25, -0.2) is 9.79 Å². The molecule has 2 aliphatic rings. The third kappa shape index (κ3) is 4.79. The molecule has 38 heavy (non-hydrogen) atoms. The molecule has 0 fully saturated rings. The first kappa shape index (κ1) is 26.3. The number of esters is 1. The molecular formula is C24H22N4O10. The molecule has 1 aliphatic heterocycles. The zero-order chi connectivity index (χ0) is 27.9. The van der Waals surface area contributed by atoms with Crippen LogP contribution in [-0.4, -0.2) is 51.7 Å². The fourth-order valence-corrected chi connectivity index (χ4v) is 4.26. The van der Waals surface area contributed by atoms with Crippen molar-refractivity contribution in [1.82, 2.24) is 0 Å². The molecule has 2 aromatic carbocycles. The second-order valence-electron chi connectivity index (χ2n) is 9.86. The molecule has 0 N–H and O–H groups in total. The molecule has 198 valence electrons. The van der Waals surface area contributed by atoms with Gasteiger partial charge in [-0.05, 0) is 11.8 Å². The summed E-state index contributed by atoms with van der Waals surface area (Å²) in [5, 5.41) is 34.5. The van der Waals surface area contributed by atoms with Crippen molar-refractivity contribution in [3.63, 3.8) is 0 Å². The van der Waals surface area contributed by atoms with Crippen LogP contribution in [0.1, 0.15) is 59.9 Å². The van der Waals surface area contributed by atoms with E-state index < -0.39 is 54.7 Å². The summed E-state index contributed by atoms with van der Waals surface area (Å²) in [7, 11) is 0. The maximum Gasteiger partial charge on any atom is 0.339 e. The zero-order valence-corrected chi connectivity index (χ0v) is 20.6. The van der Waals surface area contributed by atoms with Crippen molar-refractivity contribution >= 4 is 34.7 Å². The Balaban J connectivity index is 1.65. The van der Waals surface area contributed by atoms with E-state index in [0.29, 0.717) is 31.4 Å². The summed E-state index contributed by atoms with van der Waals surface area (Å²) in [6, 6.07) is 3.26. The lowest BCUT2D eigenvalue weighted by Gasteiger charge is -2.21. The van der Waals surface area contributed by atoms with Crippen molar-refractivity contribution in [2.45, 2.75) is 39.7 Å². The van der Waals surface area contributed by atoms with Crippen LogP contribution in [-0.2, 0) is 9.47 Å². The van der Waals surface area contributed by atoms with Gasteiger partial charge in [-0.3, -0.25) is 35.1 Å². The van der Waals surface area contributed by atoms with E-state index in [0.717, 1.165) is 18.2 Å². The van der Waals surface area contributed by atoms with Gasteiger partial charge in [0.2, 0.25) is 0 Å². The summed E-state index contributed by atoms with van der Waals surface area (Å²) in [4.78, 5) is 62.5. The fraction of sp³-hybridized carbons (Fsp3) is 0.375. The van der Waals surface area contributed by atoms with Gasteiger partial charge in [0, 0.05) is 41.3 Å². The Bertz CT molecular complexity index is 1440. The van der Waals surface area contributed by atoms with Crippen molar-refractivity contribution in [2.24, 2.45) is 10.4 Å². The molecule has 0 bridgehead atoms. The Morgan fingerprint density at radius 2 is 1.61 bits per heavy atom. The number of fused-ring (bicyclic) bond motifs is 3. The predicted molar refractivity (Wildman–Crippen MR) is 131 cm³/mol. The smallest absolute Gasteiger partial charge is 0.339 e. The van der Waals surface area contributed by atoms with E-state index >= 15 is 0 Å². The van der Waals surface area contributed by atoms with E-state index in [4.69, 9.17) is 9.47 Å². The van der Waals surface area contributed by atoms with Crippen molar-refractivity contribution in [3.8, 4) is 11.1 Å². The number of nitro groups is 3. The highest BCUT2D eigenvalue weighted by Gasteiger charge is 2.40. The van der Waals surface area contributed by atoms with Crippen molar-refractivity contribution in [3.05, 3.63) is 71.3 Å². The van der Waals surface area contributed by atoms with Crippen LogP contribution in [0, 0.1) is 35.8 Å². The number of ketones is 1. The van der Waals surface area contributed by atoms with Gasteiger partial charge in [-0.15, -0.1) is 0 Å². The second-order valence-corrected chi connectivity index (χ2v) is 9.86. The maximum absolute atomic E-state index is 13.0. The normalized spacial score (nSPS) is 15.8. The molecule has 14 nitrogen and oxygen atoms in total. The minimum Gasteiger partial charge on any atom is -0.479 e. The zero-order valence-electron chi connectivity index (χ0n) is 20.6. The standard InChI is InChI=1S/C24H22N4O10/c1-24(2,3)18-11-38-19(25-18)5-4-6-37-23(30)16-9-12(26(31)32)7-14-20(16)21-15(22(14)29)8-13(27(33)34)10-17(21)28(35)36/h7-10,18H,4-6,11H2,1-3H3/t18-/m1/s1. The van der Waals surface area contributed by atoms with Crippen LogP contribution in [0.15, 0.2) is 29.3 Å². The lowest BCUT2D eigenvalue weighted by Crippen LogP contribution is -2.25. The van der Waals surface area contributed by atoms with Gasteiger partial charge in [0.05, 0.1) is 44.6 Å². The monoisotopic (exact) mass is 526 g/mol. The summed E-state index contributed by atoms with van der Waals surface area (Å²) in [5.41, 5.74) is -3.94. The van der Waals surface area contributed by atoms with Crippen LogP contribution < -0.4 is 0 Å². The molecule has 2 aromatic rings. The molecule has 0 unspecified atom stereocenters. The highest BCUT2D eigenvalue weighted by molar-refractivity contribution is 6.26. The van der Waals surface area contributed by atoms with Gasteiger partial charge >= 0.3 is 5.97 Å². The number of hydrogen-bond acceptors (Lipinski definition) is 11. The number of carbonyl (C=O) groups is 2. The Hall–Kier alpha value is -4.75. The number of ether oxygens (including phenoxy) is 2. The third-order valence-corrected chi connectivity index (χ3v) is 6.28. The Kier molecular flexibility index (Phi) is 6.65. The molecule has 0 saturated heterocycles. The third-order valence-electron chi connectivity index (χ3n) is 6.28.